The molecule has 0 aliphatic carbocycles. The monoisotopic (exact) mass is 327 g/mol. The van der Waals surface area contributed by atoms with Gasteiger partial charge in [0.05, 0.1) is 0 Å². The Morgan fingerprint density at radius 1 is 0.958 bits per heavy atom. The normalized spacial score (nSPS) is 13.8. The van der Waals surface area contributed by atoms with E-state index in [0.717, 1.165) is 18.7 Å². The predicted octanol–water partition coefficient (Wildman–Crippen LogP) is 3.43. The fourth-order valence-corrected chi connectivity index (χ4v) is 2.86. The van der Waals surface area contributed by atoms with Crippen LogP contribution in [-0.2, 0) is 13.1 Å². The summed E-state index contributed by atoms with van der Waals surface area (Å²) in [4.78, 5) is 14.2. The van der Waals surface area contributed by atoms with Gasteiger partial charge in [0.15, 0.2) is 0 Å². The molecule has 0 spiro atoms. The minimum atomic E-state index is -0.310. The Kier molecular flexibility index (Phi) is 5.31. The molecule has 2 N–H and O–H groups in total. The fraction of sp³-hybridized carbons (Fsp3) is 0.316. The highest BCUT2D eigenvalue weighted by Crippen LogP contribution is 2.20. The van der Waals surface area contributed by atoms with Crippen LogP contribution in [0.1, 0.15) is 24.0 Å². The quantitative estimate of drug-likeness (QED) is 0.884. The lowest BCUT2D eigenvalue weighted by Crippen LogP contribution is -2.34. The van der Waals surface area contributed by atoms with E-state index in [9.17, 15) is 9.18 Å². The van der Waals surface area contributed by atoms with Crippen LogP contribution in [0.4, 0.5) is 14.9 Å². The minimum absolute atomic E-state index is 0.173. The van der Waals surface area contributed by atoms with Crippen LogP contribution >= 0.6 is 0 Å². The number of carbonyl (C=O) groups is 1. The first-order valence-electron chi connectivity index (χ1n) is 8.31. The Hall–Kier alpha value is -2.56. The topological polar surface area (TPSA) is 44.4 Å². The first-order chi connectivity index (χ1) is 11.7. The molecular formula is C19H22FN3O. The molecule has 0 aromatic heterocycles. The van der Waals surface area contributed by atoms with Gasteiger partial charge in [0, 0.05) is 37.4 Å². The number of hydrogen-bond donors (Lipinski definition) is 2. The van der Waals surface area contributed by atoms with E-state index < -0.39 is 0 Å². The molecule has 1 saturated heterocycles. The van der Waals surface area contributed by atoms with E-state index in [1.54, 1.807) is 18.2 Å². The van der Waals surface area contributed by atoms with Gasteiger partial charge in [-0.25, -0.2) is 9.18 Å². The summed E-state index contributed by atoms with van der Waals surface area (Å²) in [7, 11) is 0. The number of nitrogens with one attached hydrogen (secondary N) is 2. The van der Waals surface area contributed by atoms with Gasteiger partial charge in [0.2, 0.25) is 0 Å². The zero-order valence-electron chi connectivity index (χ0n) is 13.6. The van der Waals surface area contributed by atoms with Crippen molar-refractivity contribution < 1.29 is 9.18 Å². The van der Waals surface area contributed by atoms with Crippen molar-refractivity contribution in [3.8, 4) is 0 Å². The molecule has 2 aromatic rings. The van der Waals surface area contributed by atoms with E-state index in [4.69, 9.17) is 0 Å². The number of amides is 2. The molecule has 2 aromatic carbocycles. The van der Waals surface area contributed by atoms with Crippen molar-refractivity contribution in [1.29, 1.82) is 0 Å². The van der Waals surface area contributed by atoms with E-state index in [0.29, 0.717) is 12.1 Å². The highest BCUT2D eigenvalue weighted by Gasteiger charge is 2.11. The van der Waals surface area contributed by atoms with E-state index in [2.05, 4.69) is 27.7 Å². The van der Waals surface area contributed by atoms with Gasteiger partial charge in [-0.1, -0.05) is 30.3 Å². The summed E-state index contributed by atoms with van der Waals surface area (Å²) in [5.41, 5.74) is 2.75. The van der Waals surface area contributed by atoms with E-state index in [1.807, 2.05) is 12.1 Å². The zero-order chi connectivity index (χ0) is 16.8. The number of nitrogens with zero attached hydrogens (tertiary/aromatic N) is 1. The molecule has 0 radical (unpaired) electrons. The predicted molar refractivity (Wildman–Crippen MR) is 93.4 cm³/mol. The highest BCUT2D eigenvalue weighted by atomic mass is 19.1. The third-order valence-electron chi connectivity index (χ3n) is 4.26. The highest BCUT2D eigenvalue weighted by molar-refractivity contribution is 5.73. The second kappa shape index (κ2) is 7.81. The van der Waals surface area contributed by atoms with Crippen molar-refractivity contribution in [3.05, 3.63) is 65.5 Å². The van der Waals surface area contributed by atoms with Crippen LogP contribution in [0.15, 0.2) is 48.5 Å². The van der Waals surface area contributed by atoms with Crippen molar-refractivity contribution in [3.63, 3.8) is 0 Å². The maximum absolute atomic E-state index is 13.5. The lowest BCUT2D eigenvalue weighted by atomic mass is 10.2. The number of carbonyl (C=O) groups excluding carboxylic acids is 1. The zero-order valence-corrected chi connectivity index (χ0v) is 13.6. The molecule has 1 heterocycles. The summed E-state index contributed by atoms with van der Waals surface area (Å²) in [5.74, 6) is -0.310. The van der Waals surface area contributed by atoms with Gasteiger partial charge >= 0.3 is 6.03 Å². The number of halogens is 1. The standard InChI is InChI=1S/C19H22FN3O/c20-18-6-2-1-5-16(18)14-22-19(24)21-13-15-7-9-17(10-8-15)23-11-3-4-12-23/h1-2,5-10H,3-4,11-14H2,(H2,21,22,24). The van der Waals surface area contributed by atoms with Gasteiger partial charge in [-0.3, -0.25) is 0 Å². The Bertz CT molecular complexity index is 681. The second-order valence-electron chi connectivity index (χ2n) is 5.99. The van der Waals surface area contributed by atoms with Gasteiger partial charge in [-0.2, -0.15) is 0 Å². The molecule has 24 heavy (non-hydrogen) atoms. The van der Waals surface area contributed by atoms with Crippen LogP contribution in [0.5, 0.6) is 0 Å². The summed E-state index contributed by atoms with van der Waals surface area (Å²) in [6.45, 7) is 2.86. The van der Waals surface area contributed by atoms with Crippen LogP contribution < -0.4 is 15.5 Å². The van der Waals surface area contributed by atoms with Crippen LogP contribution in [0.2, 0.25) is 0 Å². The molecule has 5 heteroatoms. The molecule has 4 nitrogen and oxygen atoms in total. The van der Waals surface area contributed by atoms with Crippen molar-refractivity contribution in [2.75, 3.05) is 18.0 Å². The van der Waals surface area contributed by atoms with Crippen molar-refractivity contribution >= 4 is 11.7 Å². The molecule has 0 atom stereocenters. The van der Waals surface area contributed by atoms with Crippen molar-refractivity contribution in [2.24, 2.45) is 0 Å². The number of rotatable bonds is 5. The Balaban J connectivity index is 1.45. The largest absolute Gasteiger partial charge is 0.372 e. The van der Waals surface area contributed by atoms with Crippen LogP contribution in [0.3, 0.4) is 0 Å². The average Bonchev–Trinajstić information content (AvgIpc) is 3.14. The van der Waals surface area contributed by atoms with Crippen LogP contribution in [-0.4, -0.2) is 19.1 Å². The molecule has 126 valence electrons. The van der Waals surface area contributed by atoms with Gasteiger partial charge in [0.25, 0.3) is 0 Å². The SMILES string of the molecule is O=C(NCc1ccc(N2CCCC2)cc1)NCc1ccccc1F. The molecule has 2 amide bonds. The third kappa shape index (κ3) is 4.25. The van der Waals surface area contributed by atoms with Crippen LogP contribution in [0, 0.1) is 5.82 Å². The molecule has 0 saturated carbocycles. The lowest BCUT2D eigenvalue weighted by Gasteiger charge is -2.17. The van der Waals surface area contributed by atoms with E-state index in [1.165, 1.54) is 24.6 Å². The van der Waals surface area contributed by atoms with Crippen LogP contribution in [0.25, 0.3) is 0 Å². The van der Waals surface area contributed by atoms with Crippen molar-refractivity contribution in [1.82, 2.24) is 10.6 Å². The maximum Gasteiger partial charge on any atom is 0.315 e. The molecular weight excluding hydrogens is 305 g/mol. The molecule has 0 unspecified atom stereocenters. The minimum Gasteiger partial charge on any atom is -0.372 e. The summed E-state index contributed by atoms with van der Waals surface area (Å²) >= 11 is 0. The molecule has 3 rings (SSSR count). The molecule has 1 fully saturated rings. The smallest absolute Gasteiger partial charge is 0.315 e. The Morgan fingerprint density at radius 3 is 2.33 bits per heavy atom. The summed E-state index contributed by atoms with van der Waals surface area (Å²) in [6, 6.07) is 14.4. The summed E-state index contributed by atoms with van der Waals surface area (Å²) < 4.78 is 13.5. The average molecular weight is 327 g/mol. The summed E-state index contributed by atoms with van der Waals surface area (Å²) in [6.07, 6.45) is 2.51. The van der Waals surface area contributed by atoms with Crippen molar-refractivity contribution in [2.45, 2.75) is 25.9 Å². The molecule has 0 bridgehead atoms. The van der Waals surface area contributed by atoms with E-state index in [-0.39, 0.29) is 18.4 Å². The first-order valence-corrected chi connectivity index (χ1v) is 8.31. The lowest BCUT2D eigenvalue weighted by molar-refractivity contribution is 0.240. The number of anilines is 1. The molecule has 1 aliphatic heterocycles. The Morgan fingerprint density at radius 2 is 1.62 bits per heavy atom. The van der Waals surface area contributed by atoms with E-state index >= 15 is 0 Å². The molecule has 1 aliphatic rings. The van der Waals surface area contributed by atoms with Gasteiger partial charge < -0.3 is 15.5 Å². The van der Waals surface area contributed by atoms with Gasteiger partial charge in [-0.15, -0.1) is 0 Å². The van der Waals surface area contributed by atoms with Gasteiger partial charge in [-0.05, 0) is 36.6 Å². The third-order valence-corrected chi connectivity index (χ3v) is 4.26. The number of hydrogen-bond acceptors (Lipinski definition) is 2. The maximum atomic E-state index is 13.5. The second-order valence-corrected chi connectivity index (χ2v) is 5.99. The number of benzene rings is 2. The summed E-state index contributed by atoms with van der Waals surface area (Å²) in [5, 5.41) is 5.46. The van der Waals surface area contributed by atoms with Gasteiger partial charge in [0.1, 0.15) is 5.82 Å². The Labute approximate surface area is 141 Å². The number of urea groups is 1. The first kappa shape index (κ1) is 16.3. The fourth-order valence-electron chi connectivity index (χ4n) is 2.86.